The highest BCUT2D eigenvalue weighted by Gasteiger charge is 2.13. The minimum Gasteiger partial charge on any atom is -0.508 e. The Labute approximate surface area is 158 Å². The van der Waals surface area contributed by atoms with Crippen LogP contribution in [0.4, 0.5) is 0 Å². The molecule has 0 atom stereocenters. The number of phenolic OH excluding ortho intramolecular Hbond substituents is 1. The van der Waals surface area contributed by atoms with E-state index in [1.165, 1.54) is 12.1 Å². The van der Waals surface area contributed by atoms with E-state index in [1.54, 1.807) is 33.7 Å². The number of carbonyl (C=O) groups is 1. The van der Waals surface area contributed by atoms with Crippen LogP contribution in [0.5, 0.6) is 5.75 Å². The Bertz CT molecular complexity index is 739. The molecule has 2 aromatic rings. The fraction of sp³-hybridized carbons (Fsp3) is 0.176. The van der Waals surface area contributed by atoms with E-state index in [0.29, 0.717) is 22.9 Å². The molecular formula is C17H17ClN2O3S2. The maximum absolute atomic E-state index is 12.0. The smallest absolute Gasteiger partial charge is 0.269 e. The second kappa shape index (κ2) is 10.2. The van der Waals surface area contributed by atoms with Gasteiger partial charge in [-0.25, -0.2) is 0 Å². The molecule has 0 aliphatic carbocycles. The van der Waals surface area contributed by atoms with Gasteiger partial charge in [0, 0.05) is 28.6 Å². The van der Waals surface area contributed by atoms with Gasteiger partial charge in [0.15, 0.2) is 0 Å². The van der Waals surface area contributed by atoms with Gasteiger partial charge in [0.25, 0.3) is 5.91 Å². The normalized spacial score (nSPS) is 11.3. The summed E-state index contributed by atoms with van der Waals surface area (Å²) in [6, 6.07) is 14.0. The lowest BCUT2D eigenvalue weighted by molar-refractivity contribution is -0.114. The third kappa shape index (κ3) is 6.89. The van der Waals surface area contributed by atoms with Crippen molar-refractivity contribution in [3.05, 3.63) is 59.1 Å². The Morgan fingerprint density at radius 1 is 1.20 bits per heavy atom. The van der Waals surface area contributed by atoms with Crippen molar-refractivity contribution in [2.24, 2.45) is 5.16 Å². The van der Waals surface area contributed by atoms with Gasteiger partial charge in [0.05, 0.1) is 0 Å². The monoisotopic (exact) mass is 396 g/mol. The molecule has 3 N–H and O–H groups in total. The quantitative estimate of drug-likeness (QED) is 0.207. The molecule has 0 unspecified atom stereocenters. The topological polar surface area (TPSA) is 81.9 Å². The van der Waals surface area contributed by atoms with E-state index in [9.17, 15) is 9.90 Å². The molecule has 5 nitrogen and oxygen atoms in total. The van der Waals surface area contributed by atoms with Gasteiger partial charge in [-0.3, -0.25) is 4.79 Å². The molecule has 0 saturated carbocycles. The van der Waals surface area contributed by atoms with E-state index < -0.39 is 5.91 Å². The van der Waals surface area contributed by atoms with Crippen LogP contribution in [0, 0.1) is 0 Å². The molecule has 132 valence electrons. The summed E-state index contributed by atoms with van der Waals surface area (Å²) in [6.45, 7) is 0.448. The van der Waals surface area contributed by atoms with Crippen molar-refractivity contribution in [1.29, 1.82) is 0 Å². The predicted molar refractivity (Wildman–Crippen MR) is 104 cm³/mol. The number of hydrogen-bond donors (Lipinski definition) is 3. The summed E-state index contributed by atoms with van der Waals surface area (Å²) in [7, 11) is 3.20. The summed E-state index contributed by atoms with van der Waals surface area (Å²) < 4.78 is 0. The fourth-order valence-corrected chi connectivity index (χ4v) is 3.95. The average Bonchev–Trinajstić information content (AvgIpc) is 2.61. The van der Waals surface area contributed by atoms with E-state index in [1.807, 2.05) is 24.3 Å². The van der Waals surface area contributed by atoms with Crippen LogP contribution in [0.25, 0.3) is 0 Å². The van der Waals surface area contributed by atoms with Crippen molar-refractivity contribution in [2.75, 3.05) is 12.3 Å². The number of aromatic hydroxyl groups is 1. The number of nitrogens with one attached hydrogen (secondary N) is 1. The number of carbonyl (C=O) groups excluding carboxylic acids is 1. The first-order valence-electron chi connectivity index (χ1n) is 7.40. The molecule has 1 amide bonds. The van der Waals surface area contributed by atoms with Crippen LogP contribution in [0.2, 0.25) is 5.02 Å². The lowest BCUT2D eigenvalue weighted by Crippen LogP contribution is -2.33. The number of halogens is 1. The maximum Gasteiger partial charge on any atom is 0.269 e. The molecule has 0 spiro atoms. The fourth-order valence-electron chi connectivity index (χ4n) is 1.93. The minimum absolute atomic E-state index is 0.000884. The van der Waals surface area contributed by atoms with Gasteiger partial charge in [0.1, 0.15) is 11.5 Å². The molecule has 2 rings (SSSR count). The first-order valence-corrected chi connectivity index (χ1v) is 10.1. The highest BCUT2D eigenvalue weighted by Crippen LogP contribution is 2.31. The number of rotatable bonds is 8. The van der Waals surface area contributed by atoms with Crippen molar-refractivity contribution in [1.82, 2.24) is 5.32 Å². The molecule has 0 aliphatic rings. The van der Waals surface area contributed by atoms with Crippen molar-refractivity contribution in [2.45, 2.75) is 11.3 Å². The summed E-state index contributed by atoms with van der Waals surface area (Å²) in [5.74, 6) is 0.373. The van der Waals surface area contributed by atoms with Crippen LogP contribution in [-0.2, 0) is 11.2 Å². The zero-order valence-corrected chi connectivity index (χ0v) is 15.6. The standard InChI is InChI=1S/C17H17ClN2O3S2/c18-13-4-6-15(7-5-13)25-24-9-8-19-17(22)16(20-23)11-12-2-1-3-14(21)10-12/h1-7,10,21,23H,8-9,11H2,(H,19,22)/b20-16+. The largest absolute Gasteiger partial charge is 0.508 e. The Kier molecular flexibility index (Phi) is 7.97. The lowest BCUT2D eigenvalue weighted by atomic mass is 10.1. The van der Waals surface area contributed by atoms with Crippen molar-refractivity contribution < 1.29 is 15.1 Å². The third-order valence-electron chi connectivity index (χ3n) is 3.10. The van der Waals surface area contributed by atoms with Crippen LogP contribution >= 0.6 is 33.2 Å². The SMILES string of the molecule is O=C(NCCSSc1ccc(Cl)cc1)/C(Cc1cccc(O)c1)=N/O. The number of nitrogens with zero attached hydrogens (tertiary/aromatic N) is 1. The molecular weight excluding hydrogens is 380 g/mol. The Morgan fingerprint density at radius 3 is 2.64 bits per heavy atom. The molecule has 0 heterocycles. The van der Waals surface area contributed by atoms with Crippen molar-refractivity contribution in [3.8, 4) is 5.75 Å². The van der Waals surface area contributed by atoms with E-state index >= 15 is 0 Å². The summed E-state index contributed by atoms with van der Waals surface area (Å²) >= 11 is 5.83. The zero-order valence-electron chi connectivity index (χ0n) is 13.2. The van der Waals surface area contributed by atoms with E-state index in [-0.39, 0.29) is 17.9 Å². The van der Waals surface area contributed by atoms with Gasteiger partial charge in [-0.1, -0.05) is 50.5 Å². The van der Waals surface area contributed by atoms with Gasteiger partial charge < -0.3 is 15.6 Å². The van der Waals surface area contributed by atoms with Gasteiger partial charge in [-0.2, -0.15) is 0 Å². The molecule has 25 heavy (non-hydrogen) atoms. The van der Waals surface area contributed by atoms with Gasteiger partial charge in [-0.05, 0) is 42.0 Å². The number of hydrogen-bond acceptors (Lipinski definition) is 6. The minimum atomic E-state index is -0.428. The summed E-state index contributed by atoms with van der Waals surface area (Å²) in [6.07, 6.45) is 0.142. The van der Waals surface area contributed by atoms with E-state index in [4.69, 9.17) is 16.8 Å². The van der Waals surface area contributed by atoms with Gasteiger partial charge >= 0.3 is 0 Å². The molecule has 0 saturated heterocycles. The maximum atomic E-state index is 12.0. The van der Waals surface area contributed by atoms with Crippen molar-refractivity contribution in [3.63, 3.8) is 0 Å². The Hall–Kier alpha value is -1.83. The number of phenols is 1. The second-order valence-corrected chi connectivity index (χ2v) is 7.93. The van der Waals surface area contributed by atoms with Gasteiger partial charge in [0.2, 0.25) is 0 Å². The predicted octanol–water partition coefficient (Wildman–Crippen LogP) is 3.98. The average molecular weight is 397 g/mol. The summed E-state index contributed by atoms with van der Waals surface area (Å²) in [4.78, 5) is 13.1. The van der Waals surface area contributed by atoms with Crippen LogP contribution in [0.3, 0.4) is 0 Å². The molecule has 0 fully saturated rings. The summed E-state index contributed by atoms with van der Waals surface area (Å²) in [5.41, 5.74) is 0.691. The third-order valence-corrected chi connectivity index (χ3v) is 5.74. The van der Waals surface area contributed by atoms with Gasteiger partial charge in [-0.15, -0.1) is 0 Å². The first kappa shape index (κ1) is 19.5. The highest BCUT2D eigenvalue weighted by atomic mass is 35.5. The molecule has 8 heteroatoms. The van der Waals surface area contributed by atoms with E-state index in [2.05, 4.69) is 10.5 Å². The molecule has 2 aromatic carbocycles. The zero-order chi connectivity index (χ0) is 18.1. The molecule has 0 aliphatic heterocycles. The Balaban J connectivity index is 1.72. The Morgan fingerprint density at radius 2 is 1.96 bits per heavy atom. The first-order chi connectivity index (χ1) is 12.1. The van der Waals surface area contributed by atoms with Crippen LogP contribution in [0.15, 0.2) is 58.6 Å². The second-order valence-electron chi connectivity index (χ2n) is 5.01. The van der Waals surface area contributed by atoms with Crippen LogP contribution in [0.1, 0.15) is 5.56 Å². The van der Waals surface area contributed by atoms with Crippen molar-refractivity contribution >= 4 is 44.8 Å². The number of benzene rings is 2. The highest BCUT2D eigenvalue weighted by molar-refractivity contribution is 8.76. The molecule has 0 bridgehead atoms. The molecule has 0 radical (unpaired) electrons. The van der Waals surface area contributed by atoms with Crippen LogP contribution < -0.4 is 5.32 Å². The summed E-state index contributed by atoms with van der Waals surface area (Å²) in [5, 5.41) is 25.0. The van der Waals surface area contributed by atoms with E-state index in [0.717, 1.165) is 4.90 Å². The lowest BCUT2D eigenvalue weighted by Gasteiger charge is -2.07. The number of amides is 1. The number of oxime groups is 1. The molecule has 0 aromatic heterocycles. The van der Waals surface area contributed by atoms with Crippen LogP contribution in [-0.4, -0.2) is 34.2 Å².